The lowest BCUT2D eigenvalue weighted by atomic mass is 9.96. The zero-order chi connectivity index (χ0) is 7.61. The molecular formula is C7H12F2O. The highest BCUT2D eigenvalue weighted by Crippen LogP contribution is 2.32. The van der Waals surface area contributed by atoms with Crippen LogP contribution in [-0.4, -0.2) is 12.7 Å². The van der Waals surface area contributed by atoms with Gasteiger partial charge in [0.1, 0.15) is 0 Å². The lowest BCUT2D eigenvalue weighted by molar-refractivity contribution is -0.268. The molecule has 1 aliphatic heterocycles. The van der Waals surface area contributed by atoms with Crippen molar-refractivity contribution in [3.05, 3.63) is 0 Å². The van der Waals surface area contributed by atoms with E-state index in [2.05, 4.69) is 4.74 Å². The maximum Gasteiger partial charge on any atom is 0.355 e. The molecule has 0 spiro atoms. The topological polar surface area (TPSA) is 9.23 Å². The molecule has 10 heavy (non-hydrogen) atoms. The van der Waals surface area contributed by atoms with Crippen LogP contribution in [0.25, 0.3) is 0 Å². The monoisotopic (exact) mass is 150 g/mol. The van der Waals surface area contributed by atoms with E-state index in [1.165, 1.54) is 0 Å². The van der Waals surface area contributed by atoms with Crippen LogP contribution in [-0.2, 0) is 4.74 Å². The van der Waals surface area contributed by atoms with Gasteiger partial charge in [-0.1, -0.05) is 13.3 Å². The van der Waals surface area contributed by atoms with Crippen molar-refractivity contribution >= 4 is 0 Å². The Morgan fingerprint density at radius 3 is 2.70 bits per heavy atom. The van der Waals surface area contributed by atoms with E-state index in [1.54, 1.807) is 0 Å². The third-order valence-electron chi connectivity index (χ3n) is 1.94. The van der Waals surface area contributed by atoms with Gasteiger partial charge in [-0.15, -0.1) is 0 Å². The van der Waals surface area contributed by atoms with Gasteiger partial charge >= 0.3 is 6.11 Å². The Bertz CT molecular complexity index is 114. The van der Waals surface area contributed by atoms with Gasteiger partial charge in [-0.2, -0.15) is 8.78 Å². The lowest BCUT2D eigenvalue weighted by Crippen LogP contribution is -2.31. The Balaban J connectivity index is 2.40. The van der Waals surface area contributed by atoms with E-state index in [-0.39, 0.29) is 18.9 Å². The number of hydrogen-bond donors (Lipinski definition) is 0. The van der Waals surface area contributed by atoms with Gasteiger partial charge in [0.05, 0.1) is 6.61 Å². The van der Waals surface area contributed by atoms with E-state index >= 15 is 0 Å². The standard InChI is InChI=1S/C7H12F2O/c1-2-6-3-4-10-7(8,9)5-6/h6H,2-5H2,1H3. The van der Waals surface area contributed by atoms with Crippen molar-refractivity contribution in [2.45, 2.75) is 32.3 Å². The van der Waals surface area contributed by atoms with Gasteiger partial charge in [0.2, 0.25) is 0 Å². The Kier molecular flexibility index (Phi) is 2.24. The van der Waals surface area contributed by atoms with Gasteiger partial charge in [-0.3, -0.25) is 0 Å². The molecule has 1 atom stereocenters. The summed E-state index contributed by atoms with van der Waals surface area (Å²) in [5.74, 6) is 0.156. The fourth-order valence-corrected chi connectivity index (χ4v) is 1.22. The van der Waals surface area contributed by atoms with Crippen LogP contribution in [0.15, 0.2) is 0 Å². The molecule has 1 rings (SSSR count). The molecule has 0 N–H and O–H groups in total. The van der Waals surface area contributed by atoms with Gasteiger partial charge in [0.15, 0.2) is 0 Å². The Morgan fingerprint density at radius 1 is 1.60 bits per heavy atom. The van der Waals surface area contributed by atoms with Crippen LogP contribution in [0.1, 0.15) is 26.2 Å². The van der Waals surface area contributed by atoms with Crippen LogP contribution in [0.4, 0.5) is 8.78 Å². The molecular weight excluding hydrogens is 138 g/mol. The van der Waals surface area contributed by atoms with E-state index in [0.717, 1.165) is 12.8 Å². The predicted octanol–water partition coefficient (Wildman–Crippen LogP) is 2.42. The van der Waals surface area contributed by atoms with E-state index in [9.17, 15) is 8.78 Å². The quantitative estimate of drug-likeness (QED) is 0.557. The first-order valence-electron chi connectivity index (χ1n) is 3.66. The van der Waals surface area contributed by atoms with Crippen LogP contribution in [0.5, 0.6) is 0 Å². The molecule has 0 saturated carbocycles. The Hall–Kier alpha value is -0.180. The summed E-state index contributed by atoms with van der Waals surface area (Å²) in [5, 5.41) is 0. The molecule has 1 fully saturated rings. The fraction of sp³-hybridized carbons (Fsp3) is 1.00. The van der Waals surface area contributed by atoms with Crippen LogP contribution in [0.3, 0.4) is 0 Å². The molecule has 0 bridgehead atoms. The summed E-state index contributed by atoms with van der Waals surface area (Å²) in [6, 6.07) is 0. The highest BCUT2D eigenvalue weighted by molar-refractivity contribution is 4.68. The van der Waals surface area contributed by atoms with E-state index < -0.39 is 6.11 Å². The van der Waals surface area contributed by atoms with Crippen molar-refractivity contribution < 1.29 is 13.5 Å². The van der Waals surface area contributed by atoms with Crippen molar-refractivity contribution in [3.8, 4) is 0 Å². The summed E-state index contributed by atoms with van der Waals surface area (Å²) >= 11 is 0. The molecule has 1 nitrogen and oxygen atoms in total. The number of halogens is 2. The second kappa shape index (κ2) is 2.82. The highest BCUT2D eigenvalue weighted by atomic mass is 19.3. The second-order valence-corrected chi connectivity index (χ2v) is 2.75. The van der Waals surface area contributed by atoms with E-state index in [4.69, 9.17) is 0 Å². The summed E-state index contributed by atoms with van der Waals surface area (Å²) < 4.78 is 29.1. The van der Waals surface area contributed by atoms with E-state index in [0.29, 0.717) is 0 Å². The van der Waals surface area contributed by atoms with E-state index in [1.807, 2.05) is 6.92 Å². The molecule has 1 saturated heterocycles. The van der Waals surface area contributed by atoms with Crippen molar-refractivity contribution in [1.29, 1.82) is 0 Å². The molecule has 1 heterocycles. The maximum absolute atomic E-state index is 12.4. The maximum atomic E-state index is 12.4. The molecule has 0 amide bonds. The van der Waals surface area contributed by atoms with Crippen molar-refractivity contribution in [1.82, 2.24) is 0 Å². The van der Waals surface area contributed by atoms with Crippen LogP contribution in [0, 0.1) is 5.92 Å². The molecule has 0 aliphatic carbocycles. The number of ether oxygens (including phenoxy) is 1. The van der Waals surface area contributed by atoms with Crippen LogP contribution >= 0.6 is 0 Å². The molecule has 1 unspecified atom stereocenters. The lowest BCUT2D eigenvalue weighted by Gasteiger charge is -2.27. The third-order valence-corrected chi connectivity index (χ3v) is 1.94. The van der Waals surface area contributed by atoms with Gasteiger partial charge in [-0.25, -0.2) is 0 Å². The van der Waals surface area contributed by atoms with Crippen LogP contribution < -0.4 is 0 Å². The van der Waals surface area contributed by atoms with Gasteiger partial charge in [0.25, 0.3) is 0 Å². The zero-order valence-electron chi connectivity index (χ0n) is 6.07. The minimum Gasteiger partial charge on any atom is -0.320 e. The van der Waals surface area contributed by atoms with Crippen LogP contribution in [0.2, 0.25) is 0 Å². The van der Waals surface area contributed by atoms with Gasteiger partial charge in [0, 0.05) is 6.42 Å². The minimum absolute atomic E-state index is 0.0938. The molecule has 1 aliphatic rings. The first-order chi connectivity index (χ1) is 4.64. The summed E-state index contributed by atoms with van der Waals surface area (Å²) in [5.41, 5.74) is 0. The SMILES string of the molecule is CCC1CCOC(F)(F)C1. The number of hydrogen-bond acceptors (Lipinski definition) is 1. The average molecular weight is 150 g/mol. The minimum atomic E-state index is -2.85. The Labute approximate surface area is 59.4 Å². The molecule has 0 aromatic carbocycles. The smallest absolute Gasteiger partial charge is 0.320 e. The van der Waals surface area contributed by atoms with Gasteiger partial charge < -0.3 is 4.74 Å². The first-order valence-corrected chi connectivity index (χ1v) is 3.66. The first kappa shape index (κ1) is 7.92. The summed E-state index contributed by atoms with van der Waals surface area (Å²) in [6.07, 6.45) is -1.33. The fourth-order valence-electron chi connectivity index (χ4n) is 1.22. The molecule has 60 valence electrons. The van der Waals surface area contributed by atoms with Crippen molar-refractivity contribution in [2.24, 2.45) is 5.92 Å². The molecule has 0 radical (unpaired) electrons. The van der Waals surface area contributed by atoms with Gasteiger partial charge in [-0.05, 0) is 12.3 Å². The molecule has 0 aromatic heterocycles. The summed E-state index contributed by atoms with van der Waals surface area (Å²) in [4.78, 5) is 0. The molecule has 0 aromatic rings. The number of rotatable bonds is 1. The third kappa shape index (κ3) is 1.90. The summed E-state index contributed by atoms with van der Waals surface area (Å²) in [7, 11) is 0. The van der Waals surface area contributed by atoms with Crippen molar-refractivity contribution in [2.75, 3.05) is 6.61 Å². The number of alkyl halides is 2. The predicted molar refractivity (Wildman–Crippen MR) is 33.9 cm³/mol. The second-order valence-electron chi connectivity index (χ2n) is 2.75. The zero-order valence-corrected chi connectivity index (χ0v) is 6.07. The largest absolute Gasteiger partial charge is 0.355 e. The Morgan fingerprint density at radius 2 is 2.30 bits per heavy atom. The highest BCUT2D eigenvalue weighted by Gasteiger charge is 2.36. The molecule has 3 heteroatoms. The average Bonchev–Trinajstić information content (AvgIpc) is 1.86. The normalized spacial score (nSPS) is 32.1. The summed E-state index contributed by atoms with van der Waals surface area (Å²) in [6.45, 7) is 2.15. The van der Waals surface area contributed by atoms with Crippen molar-refractivity contribution in [3.63, 3.8) is 0 Å².